The van der Waals surface area contributed by atoms with Crippen molar-refractivity contribution in [3.8, 4) is 0 Å². The van der Waals surface area contributed by atoms with Gasteiger partial charge in [-0.25, -0.2) is 0 Å². The van der Waals surface area contributed by atoms with Crippen LogP contribution in [0, 0.1) is 13.8 Å². The highest BCUT2D eigenvalue weighted by Gasteiger charge is 2.40. The number of rotatable bonds is 5. The van der Waals surface area contributed by atoms with Crippen LogP contribution in [-0.2, 0) is 16.1 Å². The quantitative estimate of drug-likeness (QED) is 0.499. The standard InChI is InChI=1S/C23H18ClNO3S/c1-14-5-10-19(15(2)12-14)20-21(29-18-8-6-16(24)7-9-18)23(27)25(22(20)26)13-17-4-3-11-28-17/h3-12H,13H2,1-2H3. The maximum Gasteiger partial charge on any atom is 0.268 e. The van der Waals surface area contributed by atoms with Crippen LogP contribution >= 0.6 is 23.4 Å². The lowest BCUT2D eigenvalue weighted by atomic mass is 9.99. The molecular weight excluding hydrogens is 406 g/mol. The number of nitrogens with zero attached hydrogens (tertiary/aromatic N) is 1. The van der Waals surface area contributed by atoms with Gasteiger partial charge in [-0.15, -0.1) is 0 Å². The van der Waals surface area contributed by atoms with Gasteiger partial charge in [0.05, 0.1) is 23.3 Å². The van der Waals surface area contributed by atoms with Crippen molar-refractivity contribution in [2.45, 2.75) is 25.3 Å². The summed E-state index contributed by atoms with van der Waals surface area (Å²) in [5.41, 5.74) is 3.25. The highest BCUT2D eigenvalue weighted by molar-refractivity contribution is 8.04. The predicted octanol–water partition coefficient (Wildman–Crippen LogP) is 5.62. The summed E-state index contributed by atoms with van der Waals surface area (Å²) in [5, 5.41) is 0.617. The van der Waals surface area contributed by atoms with Crippen LogP contribution in [0.2, 0.25) is 5.02 Å². The van der Waals surface area contributed by atoms with Crippen molar-refractivity contribution in [3.05, 3.63) is 93.2 Å². The van der Waals surface area contributed by atoms with E-state index in [9.17, 15) is 9.59 Å². The van der Waals surface area contributed by atoms with E-state index in [0.717, 1.165) is 21.6 Å². The Morgan fingerprint density at radius 1 is 1.00 bits per heavy atom. The number of aryl methyl sites for hydroxylation is 2. The minimum absolute atomic E-state index is 0.101. The van der Waals surface area contributed by atoms with Gasteiger partial charge in [-0.2, -0.15) is 0 Å². The van der Waals surface area contributed by atoms with E-state index < -0.39 is 0 Å². The minimum atomic E-state index is -0.318. The molecule has 0 fully saturated rings. The Morgan fingerprint density at radius 2 is 1.76 bits per heavy atom. The Hall–Kier alpha value is -2.76. The van der Waals surface area contributed by atoms with Crippen molar-refractivity contribution >= 4 is 40.8 Å². The van der Waals surface area contributed by atoms with E-state index in [0.29, 0.717) is 21.3 Å². The number of imide groups is 1. The molecule has 0 radical (unpaired) electrons. The van der Waals surface area contributed by atoms with Gasteiger partial charge in [0.1, 0.15) is 5.76 Å². The molecule has 3 aromatic rings. The summed E-state index contributed by atoms with van der Waals surface area (Å²) in [5.74, 6) is -0.0689. The second kappa shape index (κ2) is 7.93. The highest BCUT2D eigenvalue weighted by Crippen LogP contribution is 2.41. The smallest absolute Gasteiger partial charge is 0.268 e. The minimum Gasteiger partial charge on any atom is -0.467 e. The van der Waals surface area contributed by atoms with Gasteiger partial charge in [-0.1, -0.05) is 47.1 Å². The van der Waals surface area contributed by atoms with E-state index >= 15 is 0 Å². The number of thioether (sulfide) groups is 1. The largest absolute Gasteiger partial charge is 0.467 e. The molecule has 0 spiro atoms. The van der Waals surface area contributed by atoms with E-state index in [1.807, 2.05) is 44.2 Å². The van der Waals surface area contributed by atoms with Crippen LogP contribution in [-0.4, -0.2) is 16.7 Å². The first-order chi connectivity index (χ1) is 13.9. The molecule has 0 unspecified atom stereocenters. The number of halogens is 1. The lowest BCUT2D eigenvalue weighted by molar-refractivity contribution is -0.137. The van der Waals surface area contributed by atoms with Crippen LogP contribution in [0.5, 0.6) is 0 Å². The summed E-state index contributed by atoms with van der Waals surface area (Å²) in [6.07, 6.45) is 1.53. The fourth-order valence-corrected chi connectivity index (χ4v) is 4.43. The van der Waals surface area contributed by atoms with Gasteiger partial charge < -0.3 is 4.42 Å². The molecule has 6 heteroatoms. The molecule has 0 saturated heterocycles. The zero-order valence-corrected chi connectivity index (χ0v) is 17.5. The van der Waals surface area contributed by atoms with Crippen molar-refractivity contribution in [3.63, 3.8) is 0 Å². The molecule has 1 aliphatic heterocycles. The van der Waals surface area contributed by atoms with Gasteiger partial charge in [-0.05, 0) is 61.4 Å². The second-order valence-corrected chi connectivity index (χ2v) is 8.37. The summed E-state index contributed by atoms with van der Waals surface area (Å²) in [7, 11) is 0. The lowest BCUT2D eigenvalue weighted by Crippen LogP contribution is -2.30. The van der Waals surface area contributed by atoms with E-state index in [2.05, 4.69) is 0 Å². The Morgan fingerprint density at radius 3 is 2.41 bits per heavy atom. The van der Waals surface area contributed by atoms with Crippen LogP contribution < -0.4 is 0 Å². The third kappa shape index (κ3) is 3.88. The fourth-order valence-electron chi connectivity index (χ4n) is 3.30. The summed E-state index contributed by atoms with van der Waals surface area (Å²) in [4.78, 5) is 29.0. The topological polar surface area (TPSA) is 50.5 Å². The first-order valence-electron chi connectivity index (χ1n) is 9.08. The molecule has 2 amide bonds. The van der Waals surface area contributed by atoms with E-state index in [4.69, 9.17) is 16.0 Å². The molecule has 0 aliphatic carbocycles. The summed E-state index contributed by atoms with van der Waals surface area (Å²) in [6.45, 7) is 4.05. The molecule has 1 aromatic heterocycles. The van der Waals surface area contributed by atoms with Crippen molar-refractivity contribution in [2.24, 2.45) is 0 Å². The molecule has 4 nitrogen and oxygen atoms in total. The normalized spacial score (nSPS) is 14.2. The molecule has 146 valence electrons. The molecule has 0 N–H and O–H groups in total. The summed E-state index contributed by atoms with van der Waals surface area (Å²) >= 11 is 7.26. The molecule has 2 aromatic carbocycles. The Balaban J connectivity index is 1.78. The van der Waals surface area contributed by atoms with E-state index in [-0.39, 0.29) is 18.4 Å². The summed E-state index contributed by atoms with van der Waals surface area (Å²) < 4.78 is 5.35. The molecule has 0 saturated carbocycles. The van der Waals surface area contributed by atoms with Crippen molar-refractivity contribution < 1.29 is 14.0 Å². The van der Waals surface area contributed by atoms with E-state index in [1.54, 1.807) is 24.3 Å². The Labute approximate surface area is 178 Å². The number of carbonyl (C=O) groups is 2. The number of amides is 2. The molecule has 29 heavy (non-hydrogen) atoms. The Kier molecular flexibility index (Phi) is 5.35. The van der Waals surface area contributed by atoms with Gasteiger partial charge in [0.2, 0.25) is 0 Å². The number of hydrogen-bond donors (Lipinski definition) is 0. The van der Waals surface area contributed by atoms with E-state index in [1.165, 1.54) is 22.9 Å². The lowest BCUT2D eigenvalue weighted by Gasteiger charge is -2.14. The van der Waals surface area contributed by atoms with Crippen molar-refractivity contribution in [1.29, 1.82) is 0 Å². The van der Waals surface area contributed by atoms with Gasteiger partial charge in [0.15, 0.2) is 0 Å². The van der Waals surface area contributed by atoms with Crippen LogP contribution in [0.25, 0.3) is 5.57 Å². The van der Waals surface area contributed by atoms with Crippen LogP contribution in [0.1, 0.15) is 22.5 Å². The number of carbonyl (C=O) groups excluding carboxylic acids is 2. The SMILES string of the molecule is Cc1ccc(C2=C(Sc3ccc(Cl)cc3)C(=O)N(Cc3ccco3)C2=O)c(C)c1. The second-order valence-electron chi connectivity index (χ2n) is 6.85. The molecule has 0 atom stereocenters. The van der Waals surface area contributed by atoms with Crippen LogP contribution in [0.3, 0.4) is 0 Å². The molecular formula is C23H18ClNO3S. The molecule has 0 bridgehead atoms. The zero-order chi connectivity index (χ0) is 20.5. The van der Waals surface area contributed by atoms with Crippen LogP contribution in [0.4, 0.5) is 0 Å². The number of benzene rings is 2. The van der Waals surface area contributed by atoms with Crippen molar-refractivity contribution in [1.82, 2.24) is 4.90 Å². The number of furan rings is 1. The number of hydrogen-bond acceptors (Lipinski definition) is 4. The molecule has 4 rings (SSSR count). The third-order valence-corrected chi connectivity index (χ3v) is 6.05. The monoisotopic (exact) mass is 423 g/mol. The van der Waals surface area contributed by atoms with Gasteiger partial charge >= 0.3 is 0 Å². The van der Waals surface area contributed by atoms with Gasteiger partial charge in [0, 0.05) is 9.92 Å². The Bertz CT molecular complexity index is 1120. The molecule has 2 heterocycles. The predicted molar refractivity (Wildman–Crippen MR) is 114 cm³/mol. The maximum atomic E-state index is 13.3. The first kappa shape index (κ1) is 19.6. The summed E-state index contributed by atoms with van der Waals surface area (Å²) in [6, 6.07) is 16.6. The maximum absolute atomic E-state index is 13.3. The van der Waals surface area contributed by atoms with Crippen molar-refractivity contribution in [2.75, 3.05) is 0 Å². The highest BCUT2D eigenvalue weighted by atomic mass is 35.5. The zero-order valence-electron chi connectivity index (χ0n) is 15.9. The third-order valence-electron chi connectivity index (χ3n) is 4.70. The average Bonchev–Trinajstić information content (AvgIpc) is 3.28. The van der Waals surface area contributed by atoms with Gasteiger partial charge in [-0.3, -0.25) is 14.5 Å². The van der Waals surface area contributed by atoms with Crippen LogP contribution in [0.15, 0.2) is 75.1 Å². The molecule has 1 aliphatic rings. The fraction of sp³-hybridized carbons (Fsp3) is 0.130. The van der Waals surface area contributed by atoms with Gasteiger partial charge in [0.25, 0.3) is 11.8 Å². The average molecular weight is 424 g/mol. The first-order valence-corrected chi connectivity index (χ1v) is 10.3.